The Morgan fingerprint density at radius 3 is 2.74 bits per heavy atom. The van der Waals surface area contributed by atoms with Gasteiger partial charge in [0.25, 0.3) is 0 Å². The van der Waals surface area contributed by atoms with Crippen molar-refractivity contribution in [2.45, 2.75) is 118 Å². The van der Waals surface area contributed by atoms with Crippen LogP contribution in [0.4, 0.5) is 0 Å². The molecule has 2 aliphatic rings. The average molecular weight is 431 g/mol. The fourth-order valence-electron chi connectivity index (χ4n) is 4.72. The molecule has 0 aliphatic carbocycles. The third-order valence-corrected chi connectivity index (χ3v) is 6.81. The predicted octanol–water partition coefficient (Wildman–Crippen LogP) is 7.57. The Bertz CT molecular complexity index is 643. The van der Waals surface area contributed by atoms with Crippen LogP contribution < -0.4 is 0 Å². The fraction of sp³-hybridized carbons (Fsp3) is 0.750. The van der Waals surface area contributed by atoms with Gasteiger partial charge in [-0.25, -0.2) is 0 Å². The summed E-state index contributed by atoms with van der Waals surface area (Å²) in [6.07, 6.45) is 20.7. The van der Waals surface area contributed by atoms with E-state index in [0.717, 1.165) is 37.7 Å². The molecule has 0 aromatic carbocycles. The van der Waals surface area contributed by atoms with E-state index in [1.807, 2.05) is 0 Å². The molecule has 2 heterocycles. The SMILES string of the molecule is CCCC(C)(C)C1OC1CC(C)C=CC=C(C)C1CC=CCC(C)CCCCC(=O)O1. The van der Waals surface area contributed by atoms with Gasteiger partial charge < -0.3 is 9.47 Å². The van der Waals surface area contributed by atoms with Crippen molar-refractivity contribution in [1.29, 1.82) is 0 Å². The third kappa shape index (κ3) is 9.35. The maximum atomic E-state index is 12.3. The first kappa shape index (κ1) is 25.9. The van der Waals surface area contributed by atoms with Crippen LogP contribution in [0.5, 0.6) is 0 Å². The summed E-state index contributed by atoms with van der Waals surface area (Å²) in [6.45, 7) is 13.5. The highest BCUT2D eigenvalue weighted by Gasteiger charge is 2.48. The smallest absolute Gasteiger partial charge is 0.306 e. The maximum absolute atomic E-state index is 12.3. The van der Waals surface area contributed by atoms with Crippen molar-refractivity contribution < 1.29 is 14.3 Å². The van der Waals surface area contributed by atoms with Gasteiger partial charge in [-0.15, -0.1) is 0 Å². The summed E-state index contributed by atoms with van der Waals surface area (Å²) >= 11 is 0. The first-order valence-corrected chi connectivity index (χ1v) is 12.6. The van der Waals surface area contributed by atoms with Crippen molar-refractivity contribution in [3.05, 3.63) is 36.0 Å². The maximum Gasteiger partial charge on any atom is 0.306 e. The number of epoxide rings is 1. The fourth-order valence-corrected chi connectivity index (χ4v) is 4.72. The zero-order chi connectivity index (χ0) is 22.9. The van der Waals surface area contributed by atoms with Crippen LogP contribution in [0.3, 0.4) is 0 Å². The summed E-state index contributed by atoms with van der Waals surface area (Å²) in [5.74, 6) is 1.09. The molecule has 5 unspecified atom stereocenters. The van der Waals surface area contributed by atoms with E-state index in [1.165, 1.54) is 19.3 Å². The van der Waals surface area contributed by atoms with Gasteiger partial charge in [-0.1, -0.05) is 84.3 Å². The van der Waals surface area contributed by atoms with Crippen molar-refractivity contribution in [1.82, 2.24) is 0 Å². The Hall–Kier alpha value is -1.35. The van der Waals surface area contributed by atoms with E-state index < -0.39 is 0 Å². The summed E-state index contributed by atoms with van der Waals surface area (Å²) in [7, 11) is 0. The van der Waals surface area contributed by atoms with Crippen LogP contribution >= 0.6 is 0 Å². The topological polar surface area (TPSA) is 38.8 Å². The quantitative estimate of drug-likeness (QED) is 0.172. The van der Waals surface area contributed by atoms with Crippen LogP contribution in [0, 0.1) is 17.3 Å². The lowest BCUT2D eigenvalue weighted by Crippen LogP contribution is -2.21. The monoisotopic (exact) mass is 430 g/mol. The highest BCUT2D eigenvalue weighted by molar-refractivity contribution is 5.69. The number of esters is 1. The van der Waals surface area contributed by atoms with E-state index in [0.29, 0.717) is 30.5 Å². The average Bonchev–Trinajstić information content (AvgIpc) is 3.46. The van der Waals surface area contributed by atoms with E-state index in [4.69, 9.17) is 9.47 Å². The van der Waals surface area contributed by atoms with Gasteiger partial charge in [0, 0.05) is 12.8 Å². The second kappa shape index (κ2) is 12.6. The van der Waals surface area contributed by atoms with Crippen molar-refractivity contribution in [3.63, 3.8) is 0 Å². The molecule has 0 saturated carbocycles. The van der Waals surface area contributed by atoms with Gasteiger partial charge in [0.15, 0.2) is 0 Å². The molecule has 31 heavy (non-hydrogen) atoms. The van der Waals surface area contributed by atoms with Gasteiger partial charge >= 0.3 is 5.97 Å². The number of hydrogen-bond acceptors (Lipinski definition) is 3. The van der Waals surface area contributed by atoms with E-state index >= 15 is 0 Å². The van der Waals surface area contributed by atoms with Crippen LogP contribution in [-0.2, 0) is 14.3 Å². The molecular weight excluding hydrogens is 384 g/mol. The Morgan fingerprint density at radius 2 is 2.00 bits per heavy atom. The van der Waals surface area contributed by atoms with Gasteiger partial charge in [-0.05, 0) is 55.4 Å². The normalized spacial score (nSPS) is 29.9. The first-order chi connectivity index (χ1) is 14.7. The van der Waals surface area contributed by atoms with Gasteiger partial charge in [0.05, 0.1) is 12.2 Å². The summed E-state index contributed by atoms with van der Waals surface area (Å²) in [6, 6.07) is 0. The number of cyclic esters (lactones) is 1. The molecule has 2 rings (SSSR count). The summed E-state index contributed by atoms with van der Waals surface area (Å²) in [5.41, 5.74) is 1.39. The highest BCUT2D eigenvalue weighted by atomic mass is 16.6. The van der Waals surface area contributed by atoms with Gasteiger partial charge in [0.1, 0.15) is 6.10 Å². The number of allylic oxidation sites excluding steroid dienone is 4. The molecule has 0 aromatic rings. The number of rotatable bonds is 8. The molecule has 0 radical (unpaired) electrons. The van der Waals surface area contributed by atoms with Crippen LogP contribution in [0.25, 0.3) is 0 Å². The van der Waals surface area contributed by atoms with Gasteiger partial charge in [-0.3, -0.25) is 4.79 Å². The lowest BCUT2D eigenvalue weighted by atomic mass is 9.82. The molecule has 0 amide bonds. The van der Waals surface area contributed by atoms with Crippen LogP contribution in [0.2, 0.25) is 0 Å². The number of carbonyl (C=O) groups excluding carboxylic acids is 1. The molecule has 0 spiro atoms. The van der Waals surface area contributed by atoms with E-state index in [9.17, 15) is 4.79 Å². The molecule has 1 fully saturated rings. The Balaban J connectivity index is 1.88. The zero-order valence-corrected chi connectivity index (χ0v) is 20.9. The van der Waals surface area contributed by atoms with E-state index in [2.05, 4.69) is 71.9 Å². The van der Waals surface area contributed by atoms with Crippen molar-refractivity contribution in [2.24, 2.45) is 17.3 Å². The highest BCUT2D eigenvalue weighted by Crippen LogP contribution is 2.44. The lowest BCUT2D eigenvalue weighted by molar-refractivity contribution is -0.147. The van der Waals surface area contributed by atoms with E-state index in [1.54, 1.807) is 0 Å². The molecule has 0 aromatic heterocycles. The minimum atomic E-state index is -0.163. The predicted molar refractivity (Wildman–Crippen MR) is 130 cm³/mol. The minimum Gasteiger partial charge on any atom is -0.457 e. The van der Waals surface area contributed by atoms with Crippen molar-refractivity contribution in [3.8, 4) is 0 Å². The largest absolute Gasteiger partial charge is 0.457 e. The lowest BCUT2D eigenvalue weighted by Gasteiger charge is -2.21. The third-order valence-electron chi connectivity index (χ3n) is 6.81. The minimum absolute atomic E-state index is 0.0663. The van der Waals surface area contributed by atoms with Crippen LogP contribution in [-0.4, -0.2) is 24.3 Å². The van der Waals surface area contributed by atoms with E-state index in [-0.39, 0.29) is 17.5 Å². The molecule has 176 valence electrons. The number of carbonyl (C=O) groups is 1. The summed E-state index contributed by atoms with van der Waals surface area (Å²) < 4.78 is 11.8. The summed E-state index contributed by atoms with van der Waals surface area (Å²) in [5, 5.41) is 0. The Morgan fingerprint density at radius 1 is 1.26 bits per heavy atom. The van der Waals surface area contributed by atoms with Crippen molar-refractivity contribution in [2.75, 3.05) is 0 Å². The second-order valence-electron chi connectivity index (χ2n) is 10.6. The molecule has 0 N–H and O–H groups in total. The molecule has 1 saturated heterocycles. The first-order valence-electron chi connectivity index (χ1n) is 12.6. The molecular formula is C28H46O3. The number of hydrogen-bond donors (Lipinski definition) is 0. The van der Waals surface area contributed by atoms with Crippen LogP contribution in [0.15, 0.2) is 36.0 Å². The molecule has 5 atom stereocenters. The van der Waals surface area contributed by atoms with Gasteiger partial charge in [-0.2, -0.15) is 0 Å². The Kier molecular flexibility index (Phi) is 10.6. The molecule has 2 aliphatic heterocycles. The zero-order valence-electron chi connectivity index (χ0n) is 20.9. The number of ether oxygens (including phenoxy) is 2. The van der Waals surface area contributed by atoms with Crippen molar-refractivity contribution >= 4 is 5.97 Å². The summed E-state index contributed by atoms with van der Waals surface area (Å²) in [4.78, 5) is 12.3. The van der Waals surface area contributed by atoms with Gasteiger partial charge in [0.2, 0.25) is 0 Å². The standard InChI is InChI=1S/C28H46O3/c1-7-19-28(5,6)27-25(31-27)20-22(3)15-12-16-23(4)24-17-10-8-13-21(2)14-9-11-18-26(29)30-24/h8,10,12,15-16,21-22,24-25,27H,7,9,11,13-14,17-20H2,1-6H3. The Labute approximate surface area is 191 Å². The molecule has 0 bridgehead atoms. The molecule has 3 heteroatoms. The molecule has 3 nitrogen and oxygen atoms in total. The van der Waals surface area contributed by atoms with Crippen LogP contribution in [0.1, 0.15) is 99.3 Å². The second-order valence-corrected chi connectivity index (χ2v) is 10.6.